The number of fused-ring (bicyclic) bond motifs is 1. The molecule has 0 radical (unpaired) electrons. The summed E-state index contributed by atoms with van der Waals surface area (Å²) in [4.78, 5) is 12.0. The lowest BCUT2D eigenvalue weighted by molar-refractivity contribution is 0.0600. The summed E-state index contributed by atoms with van der Waals surface area (Å²) in [6, 6.07) is 9.91. The Morgan fingerprint density at radius 1 is 1.16 bits per heavy atom. The van der Waals surface area contributed by atoms with Crippen LogP contribution in [0.2, 0.25) is 0 Å². The van der Waals surface area contributed by atoms with Crippen molar-refractivity contribution in [3.8, 4) is 5.75 Å². The number of benzene rings is 2. The molecule has 0 atom stereocenters. The molecule has 130 valence electrons. The predicted octanol–water partition coefficient (Wildman–Crippen LogP) is 5.49. The van der Waals surface area contributed by atoms with Crippen LogP contribution in [0.1, 0.15) is 32.8 Å². The van der Waals surface area contributed by atoms with Crippen LogP contribution in [0.5, 0.6) is 5.75 Å². The highest BCUT2D eigenvalue weighted by atomic mass is 79.9. The monoisotopic (exact) mass is 402 g/mol. The molecule has 0 aliphatic rings. The maximum Gasteiger partial charge on any atom is 0.342 e. The predicted molar refractivity (Wildman–Crippen MR) is 100 cm³/mol. The molecule has 1 heterocycles. The van der Waals surface area contributed by atoms with Crippen LogP contribution in [0, 0.1) is 20.8 Å². The number of rotatable bonds is 4. The largest absolute Gasteiger partial charge is 0.488 e. The first-order valence-corrected chi connectivity index (χ1v) is 8.70. The number of ether oxygens (including phenoxy) is 2. The average Bonchev–Trinajstić information content (AvgIpc) is 2.89. The van der Waals surface area contributed by atoms with Crippen molar-refractivity contribution in [1.29, 1.82) is 0 Å². The van der Waals surface area contributed by atoms with Gasteiger partial charge in [-0.2, -0.15) is 0 Å². The molecule has 0 N–H and O–H groups in total. The molecule has 0 bridgehead atoms. The number of halogens is 1. The topological polar surface area (TPSA) is 48.7 Å². The van der Waals surface area contributed by atoms with Crippen LogP contribution in [0.3, 0.4) is 0 Å². The molecule has 0 amide bonds. The highest BCUT2D eigenvalue weighted by Crippen LogP contribution is 2.35. The Labute approximate surface area is 154 Å². The van der Waals surface area contributed by atoms with Gasteiger partial charge in [0.15, 0.2) is 0 Å². The summed E-state index contributed by atoms with van der Waals surface area (Å²) in [5.74, 6) is 0.763. The zero-order valence-corrected chi connectivity index (χ0v) is 16.2. The van der Waals surface area contributed by atoms with E-state index in [2.05, 4.69) is 48.0 Å². The van der Waals surface area contributed by atoms with E-state index in [1.165, 1.54) is 18.2 Å². The molecule has 0 unspecified atom stereocenters. The van der Waals surface area contributed by atoms with E-state index >= 15 is 0 Å². The summed E-state index contributed by atoms with van der Waals surface area (Å²) in [5.41, 5.74) is 4.54. The van der Waals surface area contributed by atoms with Crippen LogP contribution >= 0.6 is 15.9 Å². The molecule has 4 nitrogen and oxygen atoms in total. The summed E-state index contributed by atoms with van der Waals surface area (Å²) >= 11 is 3.51. The molecule has 0 fully saturated rings. The van der Waals surface area contributed by atoms with E-state index < -0.39 is 5.97 Å². The number of carbonyl (C=O) groups is 1. The van der Waals surface area contributed by atoms with Crippen molar-refractivity contribution in [1.82, 2.24) is 0 Å². The number of hydrogen-bond donors (Lipinski definition) is 0. The SMILES string of the molecule is COC(=O)c1c(C)oc2cc(Br)c(OCc3cc(C)ccc3C)cc12. The first-order chi connectivity index (χ1) is 11.9. The molecular formula is C20H19BrO4. The summed E-state index contributed by atoms with van der Waals surface area (Å²) in [6.45, 7) is 6.31. The van der Waals surface area contributed by atoms with Crippen molar-refractivity contribution in [2.45, 2.75) is 27.4 Å². The molecule has 3 aromatic rings. The second-order valence-electron chi connectivity index (χ2n) is 6.02. The van der Waals surface area contributed by atoms with Crippen LogP contribution in [0.4, 0.5) is 0 Å². The van der Waals surface area contributed by atoms with Gasteiger partial charge in [0, 0.05) is 5.39 Å². The highest BCUT2D eigenvalue weighted by molar-refractivity contribution is 9.10. The minimum atomic E-state index is -0.418. The molecule has 0 spiro atoms. The van der Waals surface area contributed by atoms with Gasteiger partial charge in [-0.05, 0) is 60.0 Å². The third-order valence-electron chi connectivity index (χ3n) is 4.20. The van der Waals surface area contributed by atoms with Gasteiger partial charge in [0.1, 0.15) is 29.3 Å². The van der Waals surface area contributed by atoms with Crippen LogP contribution in [-0.2, 0) is 11.3 Å². The first-order valence-electron chi connectivity index (χ1n) is 7.90. The van der Waals surface area contributed by atoms with Crippen LogP contribution in [0.25, 0.3) is 11.0 Å². The Hall–Kier alpha value is -2.27. The van der Waals surface area contributed by atoms with E-state index in [9.17, 15) is 4.79 Å². The third-order valence-corrected chi connectivity index (χ3v) is 4.82. The van der Waals surface area contributed by atoms with Crippen molar-refractivity contribution in [2.24, 2.45) is 0 Å². The molecule has 5 heteroatoms. The number of furan rings is 1. The fraction of sp³-hybridized carbons (Fsp3) is 0.250. The van der Waals surface area contributed by atoms with Gasteiger partial charge in [0.2, 0.25) is 0 Å². The van der Waals surface area contributed by atoms with Crippen LogP contribution in [0.15, 0.2) is 39.2 Å². The molecule has 3 rings (SSSR count). The Balaban J connectivity index is 1.97. The standard InChI is InChI=1S/C20H19BrO4/c1-11-5-6-12(2)14(7-11)10-24-18-8-15-17(9-16(18)21)25-13(3)19(15)20(22)23-4/h5-9H,10H2,1-4H3. The molecule has 0 saturated carbocycles. The average molecular weight is 403 g/mol. The second-order valence-corrected chi connectivity index (χ2v) is 6.88. The van der Waals surface area contributed by atoms with Crippen molar-refractivity contribution in [3.05, 3.63) is 62.8 Å². The fourth-order valence-corrected chi connectivity index (χ4v) is 3.24. The normalized spacial score (nSPS) is 10.9. The Bertz CT molecular complexity index is 956. The van der Waals surface area contributed by atoms with E-state index in [-0.39, 0.29) is 0 Å². The van der Waals surface area contributed by atoms with E-state index in [0.29, 0.717) is 34.6 Å². The quantitative estimate of drug-likeness (QED) is 0.541. The maximum absolute atomic E-state index is 12.0. The first kappa shape index (κ1) is 17.5. The molecule has 25 heavy (non-hydrogen) atoms. The van der Waals surface area contributed by atoms with Gasteiger partial charge in [-0.1, -0.05) is 23.8 Å². The van der Waals surface area contributed by atoms with E-state index in [1.807, 2.05) is 12.1 Å². The van der Waals surface area contributed by atoms with Gasteiger partial charge in [-0.25, -0.2) is 4.79 Å². The number of carbonyl (C=O) groups excluding carboxylic acids is 1. The highest BCUT2D eigenvalue weighted by Gasteiger charge is 2.20. The summed E-state index contributed by atoms with van der Waals surface area (Å²) in [5, 5.41) is 0.684. The van der Waals surface area contributed by atoms with Crippen molar-refractivity contribution < 1.29 is 18.7 Å². The van der Waals surface area contributed by atoms with Gasteiger partial charge in [0.25, 0.3) is 0 Å². The second kappa shape index (κ2) is 6.92. The lowest BCUT2D eigenvalue weighted by Gasteiger charge is -2.11. The lowest BCUT2D eigenvalue weighted by atomic mass is 10.1. The molecule has 0 aliphatic heterocycles. The Morgan fingerprint density at radius 2 is 1.92 bits per heavy atom. The van der Waals surface area contributed by atoms with Gasteiger partial charge in [0.05, 0.1) is 11.6 Å². The molecule has 0 aliphatic carbocycles. The van der Waals surface area contributed by atoms with E-state index in [4.69, 9.17) is 13.9 Å². The van der Waals surface area contributed by atoms with E-state index in [1.54, 1.807) is 6.92 Å². The Kier molecular flexibility index (Phi) is 4.86. The smallest absolute Gasteiger partial charge is 0.342 e. The zero-order chi connectivity index (χ0) is 18.1. The van der Waals surface area contributed by atoms with Crippen LogP contribution in [-0.4, -0.2) is 13.1 Å². The van der Waals surface area contributed by atoms with Crippen molar-refractivity contribution in [2.75, 3.05) is 7.11 Å². The molecular weight excluding hydrogens is 384 g/mol. The van der Waals surface area contributed by atoms with Gasteiger partial charge >= 0.3 is 5.97 Å². The summed E-state index contributed by atoms with van der Waals surface area (Å²) < 4.78 is 17.3. The fourth-order valence-electron chi connectivity index (χ4n) is 2.80. The van der Waals surface area contributed by atoms with E-state index in [0.717, 1.165) is 10.0 Å². The Morgan fingerprint density at radius 3 is 2.64 bits per heavy atom. The number of aryl methyl sites for hydroxylation is 3. The van der Waals surface area contributed by atoms with Gasteiger partial charge in [-0.3, -0.25) is 0 Å². The van der Waals surface area contributed by atoms with Crippen LogP contribution < -0.4 is 4.74 Å². The molecule has 1 aromatic heterocycles. The van der Waals surface area contributed by atoms with Gasteiger partial charge < -0.3 is 13.9 Å². The van der Waals surface area contributed by atoms with Crippen molar-refractivity contribution >= 4 is 32.9 Å². The minimum absolute atomic E-state index is 0.418. The summed E-state index contributed by atoms with van der Waals surface area (Å²) in [6.07, 6.45) is 0. The lowest BCUT2D eigenvalue weighted by Crippen LogP contribution is -2.02. The minimum Gasteiger partial charge on any atom is -0.488 e. The summed E-state index contributed by atoms with van der Waals surface area (Å²) in [7, 11) is 1.36. The van der Waals surface area contributed by atoms with Gasteiger partial charge in [-0.15, -0.1) is 0 Å². The maximum atomic E-state index is 12.0. The number of hydrogen-bond acceptors (Lipinski definition) is 4. The zero-order valence-electron chi connectivity index (χ0n) is 14.6. The number of methoxy groups -OCH3 is 1. The third kappa shape index (κ3) is 3.42. The number of esters is 1. The molecule has 2 aromatic carbocycles. The molecule has 0 saturated heterocycles. The van der Waals surface area contributed by atoms with Crippen molar-refractivity contribution in [3.63, 3.8) is 0 Å².